The van der Waals surface area contributed by atoms with E-state index in [2.05, 4.69) is 38.8 Å². The van der Waals surface area contributed by atoms with Gasteiger partial charge in [0.25, 0.3) is 0 Å². The number of rotatable bonds is 19. The van der Waals surface area contributed by atoms with E-state index >= 15 is 0 Å². The number of unbranched alkanes of at least 4 members (excludes halogenated alkanes) is 2. The zero-order valence-electron chi connectivity index (χ0n) is 52.8. The number of ketones is 2. The van der Waals surface area contributed by atoms with Crippen molar-refractivity contribution < 1.29 is 103 Å². The zero-order valence-corrected chi connectivity index (χ0v) is 59.3. The molecule has 0 saturated carbocycles. The van der Waals surface area contributed by atoms with Crippen molar-refractivity contribution in [1.29, 1.82) is 0 Å². The number of pyridine rings is 4. The van der Waals surface area contributed by atoms with E-state index in [1.165, 1.54) is 18.6 Å². The van der Waals surface area contributed by atoms with Crippen molar-refractivity contribution in [3.8, 4) is 23.0 Å². The summed E-state index contributed by atoms with van der Waals surface area (Å²) in [5.41, 5.74) is 7.68. The number of ether oxygens (including phenoxy) is 5. The summed E-state index contributed by atoms with van der Waals surface area (Å²) >= 11 is 0.501. The Kier molecular flexibility index (Phi) is 31.8. The fourth-order valence-corrected chi connectivity index (χ4v) is 8.90. The molecule has 6 aromatic carbocycles. The minimum atomic E-state index is -4.94. The summed E-state index contributed by atoms with van der Waals surface area (Å²) in [6, 6.07) is 48.5. The molecule has 18 nitrogen and oxygen atoms in total. The van der Waals surface area contributed by atoms with Crippen LogP contribution in [0.5, 0.6) is 23.0 Å². The minimum Gasteiger partial charge on any atom is -1.00 e. The van der Waals surface area contributed by atoms with Crippen LogP contribution >= 0.6 is 0 Å². The smallest absolute Gasteiger partial charge is 0.496 e. The van der Waals surface area contributed by atoms with Crippen LogP contribution in [0.25, 0.3) is 55.1 Å². The zero-order chi connectivity index (χ0) is 65.1. The molecule has 0 atom stereocenters. The van der Waals surface area contributed by atoms with E-state index in [4.69, 9.17) is 46.1 Å². The molecule has 0 spiro atoms. The normalized spacial score (nSPS) is 11.2. The summed E-state index contributed by atoms with van der Waals surface area (Å²) < 4.78 is 67.5. The number of aliphatic hydroxyl groups excluding tert-OH is 1. The second-order valence-electron chi connectivity index (χ2n) is 20.7. The van der Waals surface area contributed by atoms with E-state index in [-0.39, 0.29) is 54.8 Å². The molecule has 4 heterocycles. The van der Waals surface area contributed by atoms with Gasteiger partial charge in [-0.3, -0.25) is 29.5 Å². The first-order valence-electron chi connectivity index (χ1n) is 28.8. The third-order valence-corrected chi connectivity index (χ3v) is 13.5. The van der Waals surface area contributed by atoms with Crippen molar-refractivity contribution in [2.45, 2.75) is 72.8 Å². The van der Waals surface area contributed by atoms with Crippen molar-refractivity contribution in [2.75, 3.05) is 27.4 Å². The SMILES string of the molecule is CC(C)(C)OC=Nc1cc2cccnc2c2ncccc12.CCCCOc1c(OCCCC)c2cccnc2c2ncccc12.COc1ccc(C(=O)C=C([O][AlH2])c2ccc(OC)cc2)cc1.Cc1ccccc1C(O)=CC(=O)c1ccccc1.[Cl-].[O-][Cl+3]([O-])([O-])[O-].[Zn]. The summed E-state index contributed by atoms with van der Waals surface area (Å²) in [5, 5.41) is 13.9. The molecule has 0 saturated heterocycles. The second-order valence-corrected chi connectivity index (χ2v) is 21.8. The van der Waals surface area contributed by atoms with Crippen LogP contribution in [-0.2, 0) is 28.0 Å². The molecule has 10 aromatic rings. The number of hydrogen-bond acceptors (Lipinski definition) is 18. The van der Waals surface area contributed by atoms with Gasteiger partial charge in [0.05, 0.1) is 49.9 Å². The van der Waals surface area contributed by atoms with Gasteiger partial charge in [-0.05, 0) is 143 Å². The quantitative estimate of drug-likeness (QED) is 0.0118. The summed E-state index contributed by atoms with van der Waals surface area (Å²) in [6.07, 6.45) is 15.6. The molecule has 1 N–H and O–H groups in total. The van der Waals surface area contributed by atoms with Crippen LogP contribution in [-0.4, -0.2) is 92.7 Å². The van der Waals surface area contributed by atoms with Gasteiger partial charge in [-0.25, -0.2) is 23.6 Å². The third kappa shape index (κ3) is 23.7. The second kappa shape index (κ2) is 38.5. The number of carbonyl (C=O) groups is 2. The summed E-state index contributed by atoms with van der Waals surface area (Å²) in [4.78, 5) is 46.6. The number of aryl methyl sites for hydroxylation is 1. The molecule has 22 heteroatoms. The predicted molar refractivity (Wildman–Crippen MR) is 344 cm³/mol. The molecule has 0 aliphatic carbocycles. The Morgan fingerprint density at radius 1 is 0.587 bits per heavy atom. The van der Waals surface area contributed by atoms with Crippen LogP contribution in [0.4, 0.5) is 5.69 Å². The molecule has 0 aliphatic heterocycles. The first kappa shape index (κ1) is 76.1. The summed E-state index contributed by atoms with van der Waals surface area (Å²) in [7, 11) is -1.74. The van der Waals surface area contributed by atoms with E-state index in [9.17, 15) is 14.7 Å². The molecule has 0 amide bonds. The Bertz CT molecular complexity index is 3970. The van der Waals surface area contributed by atoms with Gasteiger partial charge in [0, 0.05) is 100 Å². The van der Waals surface area contributed by atoms with Gasteiger partial charge in [0.2, 0.25) is 0 Å². The van der Waals surface area contributed by atoms with E-state index in [1.807, 2.05) is 131 Å². The van der Waals surface area contributed by atoms with E-state index < -0.39 is 10.2 Å². The molecule has 0 radical (unpaired) electrons. The van der Waals surface area contributed by atoms with Crippen molar-refractivity contribution >= 4 is 95.4 Å². The average molecular weight is 1350 g/mol. The predicted octanol–water partition coefficient (Wildman–Crippen LogP) is 7.91. The third-order valence-electron chi connectivity index (χ3n) is 13.0. The van der Waals surface area contributed by atoms with Crippen molar-refractivity contribution in [1.82, 2.24) is 19.9 Å². The van der Waals surface area contributed by atoms with Gasteiger partial charge in [-0.2, -0.15) is 0 Å². The number of hydrogen-bond donors (Lipinski definition) is 1. The van der Waals surface area contributed by atoms with Crippen molar-refractivity contribution in [3.05, 3.63) is 222 Å². The Balaban J connectivity index is 0.000000254. The first-order chi connectivity index (χ1) is 43.3. The van der Waals surface area contributed by atoms with Crippen LogP contribution in [0.15, 0.2) is 200 Å². The Labute approximate surface area is 565 Å². The van der Waals surface area contributed by atoms with Crippen LogP contribution in [0.1, 0.15) is 97.7 Å². The van der Waals surface area contributed by atoms with Crippen LogP contribution in [0.3, 0.4) is 0 Å². The van der Waals surface area contributed by atoms with Crippen LogP contribution < -0.4 is 50.0 Å². The van der Waals surface area contributed by atoms with Crippen molar-refractivity contribution in [2.24, 2.45) is 4.99 Å². The average Bonchev–Trinajstić information content (AvgIpc) is 0.771. The number of halogens is 2. The maximum atomic E-state index is 12.3. The summed E-state index contributed by atoms with van der Waals surface area (Å²) in [5.74, 6) is 3.33. The molecule has 4 aromatic heterocycles. The first-order valence-corrected chi connectivity index (χ1v) is 30.8. The largest absolute Gasteiger partial charge is 1.00 e. The number of fused-ring (bicyclic) bond motifs is 6. The topological polar surface area (TPSA) is 266 Å². The van der Waals surface area contributed by atoms with Gasteiger partial charge < -0.3 is 45.0 Å². The maximum absolute atomic E-state index is 12.3. The van der Waals surface area contributed by atoms with Gasteiger partial charge >= 0.3 is 16.6 Å². The van der Waals surface area contributed by atoms with Gasteiger partial charge in [-0.1, -0.05) is 87.4 Å². The van der Waals surface area contributed by atoms with E-state index in [0.717, 1.165) is 109 Å². The molecule has 0 aliphatic rings. The Hall–Kier alpha value is -8.37. The standard InChI is InChI=1S/C20H24N2O2.C17H17N3O.C17H16O4.C16H14O2.Al.ClHO4.ClH.Zn.2H/c1-3-5-13-23-19-15-9-7-11-21-17(15)18-16(10-8-12-22-18)20(19)24-14-6-4-2;1-17(2,3)21-11-20-14-10-12-6-4-8-18-15(12)16-13(14)7-5-9-19-16;1-20-14-7-3-12(4-8-14)16(18)11-17(19)13-5-9-15(21-2)10-6-13;1-12-7-5-6-10-14(12)16(18)11-15(17)13-8-3-2-4-9-13;;2-1(3,4)5;;;;/h7-12H,3-6,13-14H2,1-2H3;4-11H,1-3H3;3-11,18H,1-2H3;2-11,18H,1H3;;(H,2,3,4,5);1H;;;/q;;;;+1;;;;;/p-3. The van der Waals surface area contributed by atoms with E-state index in [1.54, 1.807) is 93.6 Å². The molecule has 92 heavy (non-hydrogen) atoms. The molecular weight excluding hydrogens is 1280 g/mol. The number of benzene rings is 6. The Morgan fingerprint density at radius 3 is 1.50 bits per heavy atom. The fraction of sp³-hybridized carbons (Fsp3) is 0.214. The van der Waals surface area contributed by atoms with Crippen LogP contribution in [0, 0.1) is 17.2 Å². The summed E-state index contributed by atoms with van der Waals surface area (Å²) in [6.45, 7) is 13.5. The number of carbonyl (C=O) groups excluding carboxylic acids is 2. The number of aromatic nitrogens is 4. The minimum absolute atomic E-state index is 0. The maximum Gasteiger partial charge on any atom is 0.496 e. The van der Waals surface area contributed by atoms with Crippen molar-refractivity contribution in [3.63, 3.8) is 0 Å². The van der Waals surface area contributed by atoms with Crippen LogP contribution in [0.2, 0.25) is 0 Å². The Morgan fingerprint density at radius 2 is 1.02 bits per heavy atom. The molecule has 10 rings (SSSR count). The number of allylic oxidation sites excluding steroid dienone is 2. The van der Waals surface area contributed by atoms with Gasteiger partial charge in [0.1, 0.15) is 33.9 Å². The number of methoxy groups -OCH3 is 2. The van der Waals surface area contributed by atoms with Gasteiger partial charge in [0.15, 0.2) is 29.5 Å². The molecule has 0 unspecified atom stereocenters. The number of nitrogens with zero attached hydrogens (tertiary/aromatic N) is 5. The van der Waals surface area contributed by atoms with E-state index in [0.29, 0.717) is 52.3 Å². The molecule has 0 bridgehead atoms. The van der Waals surface area contributed by atoms with Gasteiger partial charge in [-0.15, -0.1) is 10.2 Å². The molecular formula is C70H72AlCl2N5O13Zn-2. The fourth-order valence-electron chi connectivity index (χ4n) is 8.55. The number of aliphatic imine (C=N–C) groups is 1. The monoisotopic (exact) mass is 1350 g/mol. The number of aliphatic hydroxyl groups is 1. The molecule has 0 fully saturated rings. The molecule has 476 valence electrons.